The molecule has 21 heavy (non-hydrogen) atoms. The van der Waals surface area contributed by atoms with Crippen LogP contribution in [0.1, 0.15) is 31.6 Å². The Morgan fingerprint density at radius 1 is 1.43 bits per heavy atom. The van der Waals surface area contributed by atoms with E-state index in [0.29, 0.717) is 10.2 Å². The summed E-state index contributed by atoms with van der Waals surface area (Å²) in [5.41, 5.74) is 0.716. The summed E-state index contributed by atoms with van der Waals surface area (Å²) in [5, 5.41) is 7.08. The maximum absolute atomic E-state index is 12.8. The van der Waals surface area contributed by atoms with Crippen molar-refractivity contribution in [1.29, 1.82) is 0 Å². The zero-order valence-corrected chi connectivity index (χ0v) is 13.5. The first-order valence-corrected chi connectivity index (χ1v) is 7.13. The van der Waals surface area contributed by atoms with Crippen LogP contribution < -0.4 is 5.32 Å². The molecule has 1 aromatic rings. The summed E-state index contributed by atoms with van der Waals surface area (Å²) in [6, 6.07) is -0.387. The van der Waals surface area contributed by atoms with Crippen LogP contribution in [0.3, 0.4) is 0 Å². The number of nitrogens with zero attached hydrogens (tertiary/aromatic N) is 2. The molecule has 0 aliphatic carbocycles. The van der Waals surface area contributed by atoms with Crippen molar-refractivity contribution in [3.63, 3.8) is 0 Å². The monoisotopic (exact) mass is 375 g/mol. The third-order valence-corrected chi connectivity index (χ3v) is 3.46. The summed E-state index contributed by atoms with van der Waals surface area (Å²) in [6.45, 7) is 2.34. The number of hydrogen-bond donors (Lipinski definition) is 1. The van der Waals surface area contributed by atoms with Crippen LogP contribution in [0.15, 0.2) is 10.7 Å². The molecular weight excluding hydrogens is 358 g/mol. The fraction of sp³-hybridized carbons (Fsp3) is 0.750. The predicted molar refractivity (Wildman–Crippen MR) is 73.9 cm³/mol. The van der Waals surface area contributed by atoms with E-state index >= 15 is 0 Å². The number of ether oxygens (including phenoxy) is 1. The Morgan fingerprint density at radius 3 is 2.52 bits per heavy atom. The number of nitrogens with one attached hydrogen (secondary N) is 1. The first-order valence-electron chi connectivity index (χ1n) is 6.34. The van der Waals surface area contributed by atoms with Gasteiger partial charge in [0.05, 0.1) is 29.0 Å². The first-order chi connectivity index (χ1) is 9.70. The lowest BCUT2D eigenvalue weighted by molar-refractivity contribution is -0.167. The SMILES string of the molecule is CNC(COCC(F)(F)C(F)F)c1c(Br)cnn1C(C)C. The zero-order valence-electron chi connectivity index (χ0n) is 11.9. The van der Waals surface area contributed by atoms with Gasteiger partial charge in [0.1, 0.15) is 6.61 Å². The fourth-order valence-corrected chi connectivity index (χ4v) is 2.31. The first kappa shape index (κ1) is 18.4. The molecule has 4 nitrogen and oxygen atoms in total. The van der Waals surface area contributed by atoms with Gasteiger partial charge < -0.3 is 10.1 Å². The van der Waals surface area contributed by atoms with Crippen molar-refractivity contribution >= 4 is 15.9 Å². The van der Waals surface area contributed by atoms with Gasteiger partial charge in [0, 0.05) is 6.04 Å². The summed E-state index contributed by atoms with van der Waals surface area (Å²) in [4.78, 5) is 0. The maximum atomic E-state index is 12.8. The molecular formula is C12H18BrF4N3O. The minimum absolute atomic E-state index is 0.0599. The van der Waals surface area contributed by atoms with Crippen LogP contribution in [-0.2, 0) is 4.74 Å². The van der Waals surface area contributed by atoms with Crippen LogP contribution in [0.5, 0.6) is 0 Å². The van der Waals surface area contributed by atoms with Crippen molar-refractivity contribution in [1.82, 2.24) is 15.1 Å². The molecule has 1 atom stereocenters. The lowest BCUT2D eigenvalue weighted by Crippen LogP contribution is -2.34. The van der Waals surface area contributed by atoms with E-state index in [1.807, 2.05) is 13.8 Å². The van der Waals surface area contributed by atoms with Crippen LogP contribution in [0.25, 0.3) is 0 Å². The molecule has 0 aliphatic heterocycles. The standard InChI is InChI=1S/C12H18BrF4N3O/c1-7(2)20-10(8(13)4-19-20)9(18-3)5-21-6-12(16,17)11(14)15/h4,7,9,11,18H,5-6H2,1-3H3. The molecule has 9 heteroatoms. The Kier molecular flexibility index (Phi) is 6.61. The lowest BCUT2D eigenvalue weighted by atomic mass is 10.2. The highest BCUT2D eigenvalue weighted by Gasteiger charge is 2.41. The van der Waals surface area contributed by atoms with E-state index in [0.717, 1.165) is 0 Å². The smallest absolute Gasteiger partial charge is 0.330 e. The van der Waals surface area contributed by atoms with E-state index < -0.39 is 25.0 Å². The molecule has 0 aliphatic rings. The van der Waals surface area contributed by atoms with Gasteiger partial charge in [0.2, 0.25) is 0 Å². The van der Waals surface area contributed by atoms with E-state index in [4.69, 9.17) is 4.74 Å². The molecule has 1 aromatic heterocycles. The second kappa shape index (κ2) is 7.55. The Morgan fingerprint density at radius 2 is 2.05 bits per heavy atom. The second-order valence-electron chi connectivity index (χ2n) is 4.83. The number of hydrogen-bond acceptors (Lipinski definition) is 3. The quantitative estimate of drug-likeness (QED) is 0.707. The molecule has 0 amide bonds. The van der Waals surface area contributed by atoms with Crippen LogP contribution in [0, 0.1) is 0 Å². The van der Waals surface area contributed by atoms with Gasteiger partial charge in [-0.1, -0.05) is 0 Å². The summed E-state index contributed by atoms with van der Waals surface area (Å²) >= 11 is 3.33. The molecule has 1 N–H and O–H groups in total. The highest BCUT2D eigenvalue weighted by atomic mass is 79.9. The van der Waals surface area contributed by atoms with Crippen molar-refractivity contribution in [2.75, 3.05) is 20.3 Å². The Hall–Kier alpha value is -0.670. The summed E-state index contributed by atoms with van der Waals surface area (Å²) in [6.07, 6.45) is -2.15. The number of likely N-dealkylation sites (N-methyl/N-ethyl adjacent to an activating group) is 1. The number of aromatic nitrogens is 2. The topological polar surface area (TPSA) is 39.1 Å². The largest absolute Gasteiger partial charge is 0.373 e. The van der Waals surface area contributed by atoms with Gasteiger partial charge in [-0.15, -0.1) is 0 Å². The van der Waals surface area contributed by atoms with Crippen molar-refractivity contribution in [2.45, 2.75) is 38.3 Å². The van der Waals surface area contributed by atoms with Crippen LogP contribution in [0.2, 0.25) is 0 Å². The van der Waals surface area contributed by atoms with Crippen molar-refractivity contribution in [3.8, 4) is 0 Å². The van der Waals surface area contributed by atoms with Crippen molar-refractivity contribution in [2.24, 2.45) is 0 Å². The Labute approximate surface area is 129 Å². The van der Waals surface area contributed by atoms with Gasteiger partial charge in [0.15, 0.2) is 0 Å². The van der Waals surface area contributed by atoms with Crippen molar-refractivity contribution in [3.05, 3.63) is 16.4 Å². The van der Waals surface area contributed by atoms with Gasteiger partial charge >= 0.3 is 12.3 Å². The minimum Gasteiger partial charge on any atom is -0.373 e. The molecule has 1 unspecified atom stereocenters. The molecule has 0 spiro atoms. The van der Waals surface area contributed by atoms with Crippen molar-refractivity contribution < 1.29 is 22.3 Å². The number of halogens is 5. The maximum Gasteiger partial charge on any atom is 0.330 e. The van der Waals surface area contributed by atoms with Gasteiger partial charge in [-0.3, -0.25) is 4.68 Å². The normalized spacial score (nSPS) is 14.2. The molecule has 0 fully saturated rings. The third kappa shape index (κ3) is 4.65. The molecule has 0 aromatic carbocycles. The van der Waals surface area contributed by atoms with E-state index in [-0.39, 0.29) is 12.6 Å². The van der Waals surface area contributed by atoms with Crippen LogP contribution >= 0.6 is 15.9 Å². The van der Waals surface area contributed by atoms with Gasteiger partial charge in [0.25, 0.3) is 0 Å². The predicted octanol–water partition coefficient (Wildman–Crippen LogP) is 3.40. The van der Waals surface area contributed by atoms with Gasteiger partial charge in [-0.2, -0.15) is 13.9 Å². The van der Waals surface area contributed by atoms with E-state index in [1.54, 1.807) is 17.9 Å². The van der Waals surface area contributed by atoms with E-state index in [9.17, 15) is 17.6 Å². The summed E-state index contributed by atoms with van der Waals surface area (Å²) in [7, 11) is 1.63. The highest BCUT2D eigenvalue weighted by Crippen LogP contribution is 2.27. The Bertz CT molecular complexity index is 454. The third-order valence-electron chi connectivity index (χ3n) is 2.85. The molecule has 1 heterocycles. The number of rotatable bonds is 8. The van der Waals surface area contributed by atoms with Gasteiger partial charge in [-0.25, -0.2) is 8.78 Å². The fourth-order valence-electron chi connectivity index (χ4n) is 1.76. The Balaban J connectivity index is 2.75. The molecule has 0 saturated heterocycles. The van der Waals surface area contributed by atoms with E-state index in [2.05, 4.69) is 26.3 Å². The molecule has 122 valence electrons. The summed E-state index contributed by atoms with van der Waals surface area (Å²) < 4.78 is 56.9. The van der Waals surface area contributed by atoms with E-state index in [1.165, 1.54) is 0 Å². The number of alkyl halides is 4. The lowest BCUT2D eigenvalue weighted by Gasteiger charge is -2.22. The molecule has 1 rings (SSSR count). The average molecular weight is 376 g/mol. The van der Waals surface area contributed by atoms with Crippen LogP contribution in [0.4, 0.5) is 17.6 Å². The highest BCUT2D eigenvalue weighted by molar-refractivity contribution is 9.10. The zero-order chi connectivity index (χ0) is 16.2. The molecule has 0 radical (unpaired) electrons. The minimum atomic E-state index is -4.15. The van der Waals surface area contributed by atoms with Gasteiger partial charge in [-0.05, 0) is 36.8 Å². The molecule has 0 bridgehead atoms. The molecule has 0 saturated carbocycles. The van der Waals surface area contributed by atoms with Crippen LogP contribution in [-0.4, -0.2) is 42.4 Å². The summed E-state index contributed by atoms with van der Waals surface area (Å²) in [5.74, 6) is -4.15. The second-order valence-corrected chi connectivity index (χ2v) is 5.69. The average Bonchev–Trinajstić information content (AvgIpc) is 2.76.